The summed E-state index contributed by atoms with van der Waals surface area (Å²) in [5.74, 6) is 0. The van der Waals surface area contributed by atoms with Gasteiger partial charge in [-0.25, -0.2) is 4.79 Å². The second-order valence-electron chi connectivity index (χ2n) is 7.40. The number of nitrogens with zero attached hydrogens (tertiary/aromatic N) is 1. The first-order valence-corrected chi connectivity index (χ1v) is 9.75. The van der Waals surface area contributed by atoms with Crippen molar-refractivity contribution in [3.05, 3.63) is 59.7 Å². The highest BCUT2D eigenvalue weighted by Gasteiger charge is 2.29. The molecule has 5 nitrogen and oxygen atoms in total. The van der Waals surface area contributed by atoms with E-state index < -0.39 is 7.12 Å². The number of urea groups is 1. The first-order chi connectivity index (χ1) is 13.2. The number of hydrogen-bond donors (Lipinski definition) is 2. The van der Waals surface area contributed by atoms with E-state index in [0.717, 1.165) is 35.1 Å². The Morgan fingerprint density at radius 2 is 1.93 bits per heavy atom. The average Bonchev–Trinajstić information content (AvgIpc) is 3.08. The third-order valence-electron chi connectivity index (χ3n) is 5.47. The number of carbonyl (C=O) groups excluding carboxylic acids is 1. The van der Waals surface area contributed by atoms with Crippen LogP contribution in [0.5, 0.6) is 0 Å². The zero-order valence-corrected chi connectivity index (χ0v) is 15.4. The Labute approximate surface area is 160 Å². The highest BCUT2D eigenvalue weighted by Crippen LogP contribution is 2.22. The van der Waals surface area contributed by atoms with Gasteiger partial charge in [-0.15, -0.1) is 0 Å². The SMILES string of the molecule is O=C(NC1CCCCC1)N(Cc1ccccc1)c1ccc2c(c1)B(O)OC2. The molecule has 0 aromatic heterocycles. The maximum absolute atomic E-state index is 13.1. The summed E-state index contributed by atoms with van der Waals surface area (Å²) in [4.78, 5) is 14.9. The van der Waals surface area contributed by atoms with E-state index in [4.69, 9.17) is 4.65 Å². The van der Waals surface area contributed by atoms with Gasteiger partial charge in [0.15, 0.2) is 0 Å². The molecule has 1 aliphatic carbocycles. The summed E-state index contributed by atoms with van der Waals surface area (Å²) in [7, 11) is -0.917. The molecule has 0 bridgehead atoms. The van der Waals surface area contributed by atoms with Crippen LogP contribution in [0.15, 0.2) is 48.5 Å². The highest BCUT2D eigenvalue weighted by molar-refractivity contribution is 6.61. The second-order valence-corrected chi connectivity index (χ2v) is 7.40. The van der Waals surface area contributed by atoms with E-state index in [-0.39, 0.29) is 12.1 Å². The summed E-state index contributed by atoms with van der Waals surface area (Å²) in [6, 6.07) is 15.9. The van der Waals surface area contributed by atoms with Gasteiger partial charge >= 0.3 is 13.1 Å². The number of anilines is 1. The Morgan fingerprint density at radius 3 is 2.70 bits per heavy atom. The van der Waals surface area contributed by atoms with Gasteiger partial charge in [0, 0.05) is 11.7 Å². The number of carbonyl (C=O) groups is 1. The summed E-state index contributed by atoms with van der Waals surface area (Å²) in [6.07, 6.45) is 5.68. The standard InChI is InChI=1S/C21H25BN2O3/c25-21(23-18-9-5-2-6-10-18)24(14-16-7-3-1-4-8-16)19-12-11-17-15-27-22(26)20(17)13-19/h1,3-4,7-8,11-13,18,26H,2,5-6,9-10,14-15H2,(H,23,25). The first-order valence-electron chi connectivity index (χ1n) is 9.75. The lowest BCUT2D eigenvalue weighted by atomic mass is 9.79. The number of rotatable bonds is 4. The van der Waals surface area contributed by atoms with E-state index in [0.29, 0.717) is 13.2 Å². The minimum absolute atomic E-state index is 0.0842. The predicted octanol–water partition coefficient (Wildman–Crippen LogP) is 2.95. The van der Waals surface area contributed by atoms with E-state index in [1.807, 2.05) is 48.5 Å². The summed E-state index contributed by atoms with van der Waals surface area (Å²) in [5, 5.41) is 13.2. The lowest BCUT2D eigenvalue weighted by Crippen LogP contribution is -2.45. The molecule has 2 amide bonds. The van der Waals surface area contributed by atoms with Crippen LogP contribution in [0, 0.1) is 0 Å². The number of fused-ring (bicyclic) bond motifs is 1. The maximum Gasteiger partial charge on any atom is 0.491 e. The fourth-order valence-corrected chi connectivity index (χ4v) is 3.92. The normalized spacial score (nSPS) is 16.9. The largest absolute Gasteiger partial charge is 0.491 e. The van der Waals surface area contributed by atoms with Gasteiger partial charge in [-0.3, -0.25) is 4.90 Å². The fraction of sp³-hybridized carbons (Fsp3) is 0.381. The predicted molar refractivity (Wildman–Crippen MR) is 107 cm³/mol. The van der Waals surface area contributed by atoms with E-state index in [1.165, 1.54) is 19.3 Å². The van der Waals surface area contributed by atoms with Gasteiger partial charge in [-0.1, -0.05) is 55.7 Å². The molecule has 2 aliphatic rings. The highest BCUT2D eigenvalue weighted by atomic mass is 16.5. The van der Waals surface area contributed by atoms with Crippen molar-refractivity contribution in [2.24, 2.45) is 0 Å². The van der Waals surface area contributed by atoms with E-state index in [9.17, 15) is 9.82 Å². The van der Waals surface area contributed by atoms with Crippen LogP contribution in [-0.4, -0.2) is 24.2 Å². The molecule has 0 atom stereocenters. The molecule has 1 fully saturated rings. The quantitative estimate of drug-likeness (QED) is 0.820. The summed E-state index contributed by atoms with van der Waals surface area (Å²) in [6.45, 7) is 0.888. The van der Waals surface area contributed by atoms with Crippen molar-refractivity contribution >= 4 is 24.3 Å². The molecule has 27 heavy (non-hydrogen) atoms. The lowest BCUT2D eigenvalue weighted by Gasteiger charge is -2.29. The second kappa shape index (κ2) is 8.15. The van der Waals surface area contributed by atoms with Crippen LogP contribution in [0.1, 0.15) is 43.2 Å². The van der Waals surface area contributed by atoms with Crippen molar-refractivity contribution in [1.29, 1.82) is 0 Å². The van der Waals surface area contributed by atoms with E-state index in [1.54, 1.807) is 4.90 Å². The van der Waals surface area contributed by atoms with Gasteiger partial charge in [0.1, 0.15) is 0 Å². The minimum atomic E-state index is -0.917. The molecular weight excluding hydrogens is 339 g/mol. The van der Waals surface area contributed by atoms with Gasteiger partial charge in [0.25, 0.3) is 0 Å². The molecule has 4 rings (SSSR count). The van der Waals surface area contributed by atoms with Crippen LogP contribution >= 0.6 is 0 Å². The Hall–Kier alpha value is -2.31. The number of hydrogen-bond acceptors (Lipinski definition) is 3. The Kier molecular flexibility index (Phi) is 5.46. The molecule has 0 radical (unpaired) electrons. The van der Waals surface area contributed by atoms with Crippen molar-refractivity contribution in [3.63, 3.8) is 0 Å². The lowest BCUT2D eigenvalue weighted by molar-refractivity contribution is 0.238. The molecule has 1 saturated carbocycles. The fourth-order valence-electron chi connectivity index (χ4n) is 3.92. The van der Waals surface area contributed by atoms with E-state index in [2.05, 4.69) is 5.32 Å². The summed E-state index contributed by atoms with van der Waals surface area (Å²) < 4.78 is 5.29. The van der Waals surface area contributed by atoms with Crippen LogP contribution in [0.4, 0.5) is 10.5 Å². The van der Waals surface area contributed by atoms with Crippen LogP contribution < -0.4 is 15.7 Å². The van der Waals surface area contributed by atoms with Crippen molar-refractivity contribution in [2.45, 2.75) is 51.3 Å². The summed E-state index contributed by atoms with van der Waals surface area (Å²) in [5.41, 5.74) is 3.55. The Balaban J connectivity index is 1.59. The van der Waals surface area contributed by atoms with Gasteiger partial charge in [0.05, 0.1) is 13.2 Å². The molecule has 2 N–H and O–H groups in total. The third-order valence-corrected chi connectivity index (χ3v) is 5.47. The van der Waals surface area contributed by atoms with E-state index >= 15 is 0 Å². The van der Waals surface area contributed by atoms with Crippen LogP contribution in [0.25, 0.3) is 0 Å². The monoisotopic (exact) mass is 364 g/mol. The molecule has 6 heteroatoms. The smallest absolute Gasteiger partial charge is 0.423 e. The third kappa shape index (κ3) is 4.17. The molecular formula is C21H25BN2O3. The molecule has 2 aromatic carbocycles. The van der Waals surface area contributed by atoms with Crippen molar-refractivity contribution in [2.75, 3.05) is 4.90 Å². The first kappa shape index (κ1) is 18.1. The topological polar surface area (TPSA) is 61.8 Å². The number of benzene rings is 2. The van der Waals surface area contributed by atoms with Crippen molar-refractivity contribution < 1.29 is 14.5 Å². The van der Waals surface area contributed by atoms with Gasteiger partial charge in [0.2, 0.25) is 0 Å². The Morgan fingerprint density at radius 1 is 1.15 bits per heavy atom. The zero-order chi connectivity index (χ0) is 18.6. The summed E-state index contributed by atoms with van der Waals surface area (Å²) >= 11 is 0. The van der Waals surface area contributed by atoms with Gasteiger partial charge in [-0.2, -0.15) is 0 Å². The molecule has 2 aromatic rings. The van der Waals surface area contributed by atoms with Crippen LogP contribution in [-0.2, 0) is 17.8 Å². The van der Waals surface area contributed by atoms with Crippen molar-refractivity contribution in [1.82, 2.24) is 5.32 Å². The Bertz CT molecular complexity index is 793. The van der Waals surface area contributed by atoms with Crippen LogP contribution in [0.2, 0.25) is 0 Å². The number of nitrogens with one attached hydrogen (secondary N) is 1. The van der Waals surface area contributed by atoms with Gasteiger partial charge in [-0.05, 0) is 41.6 Å². The maximum atomic E-state index is 13.1. The number of amides is 2. The molecule has 1 heterocycles. The van der Waals surface area contributed by atoms with Crippen molar-refractivity contribution in [3.8, 4) is 0 Å². The molecule has 0 saturated heterocycles. The molecule has 140 valence electrons. The molecule has 0 spiro atoms. The molecule has 1 aliphatic heterocycles. The van der Waals surface area contributed by atoms with Gasteiger partial charge < -0.3 is 15.0 Å². The average molecular weight is 364 g/mol. The van der Waals surface area contributed by atoms with Crippen LogP contribution in [0.3, 0.4) is 0 Å². The minimum Gasteiger partial charge on any atom is -0.423 e. The molecule has 0 unspecified atom stereocenters. The zero-order valence-electron chi connectivity index (χ0n) is 15.4.